The summed E-state index contributed by atoms with van der Waals surface area (Å²) in [5.74, 6) is 1.54. The Morgan fingerprint density at radius 1 is 1.37 bits per heavy atom. The number of methoxy groups -OCH3 is 1. The number of nitrogen functional groups attached to an aromatic ring is 1. The molecule has 0 aliphatic carbocycles. The Labute approximate surface area is 114 Å². The van der Waals surface area contributed by atoms with E-state index in [0.717, 1.165) is 18.9 Å². The maximum absolute atomic E-state index is 6.19. The zero-order chi connectivity index (χ0) is 13.7. The molecule has 0 aromatic carbocycles. The van der Waals surface area contributed by atoms with Crippen molar-refractivity contribution in [2.75, 3.05) is 42.8 Å². The molecule has 0 bridgehead atoms. The van der Waals surface area contributed by atoms with Crippen LogP contribution in [0.2, 0.25) is 0 Å². The van der Waals surface area contributed by atoms with Crippen LogP contribution in [-0.4, -0.2) is 42.8 Å². The number of aromatic nitrogens is 2. The van der Waals surface area contributed by atoms with Crippen molar-refractivity contribution in [3.63, 3.8) is 0 Å². The van der Waals surface area contributed by atoms with Gasteiger partial charge < -0.3 is 20.7 Å². The Bertz CT molecular complexity index is 406. The largest absolute Gasteiger partial charge is 0.393 e. The molecule has 19 heavy (non-hydrogen) atoms. The smallest absolute Gasteiger partial charge is 0.157 e. The highest BCUT2D eigenvalue weighted by Gasteiger charge is 2.18. The van der Waals surface area contributed by atoms with Crippen LogP contribution in [0.3, 0.4) is 0 Å². The molecule has 0 radical (unpaired) electrons. The lowest BCUT2D eigenvalue weighted by atomic mass is 10.1. The number of rotatable bonds is 5. The van der Waals surface area contributed by atoms with E-state index in [0.29, 0.717) is 18.1 Å². The van der Waals surface area contributed by atoms with Gasteiger partial charge in [-0.25, -0.2) is 9.97 Å². The van der Waals surface area contributed by atoms with Crippen molar-refractivity contribution in [1.82, 2.24) is 9.97 Å². The van der Waals surface area contributed by atoms with E-state index in [9.17, 15) is 0 Å². The summed E-state index contributed by atoms with van der Waals surface area (Å²) in [6, 6.07) is 0.163. The van der Waals surface area contributed by atoms with Gasteiger partial charge in [0.25, 0.3) is 0 Å². The van der Waals surface area contributed by atoms with Gasteiger partial charge in [-0.15, -0.1) is 0 Å². The molecule has 1 atom stereocenters. The van der Waals surface area contributed by atoms with Gasteiger partial charge in [0.1, 0.15) is 12.0 Å². The average molecular weight is 265 g/mol. The molecule has 3 N–H and O–H groups in total. The quantitative estimate of drug-likeness (QED) is 0.840. The van der Waals surface area contributed by atoms with E-state index in [1.807, 2.05) is 6.92 Å². The Balaban J connectivity index is 2.12. The number of piperidine rings is 1. The van der Waals surface area contributed by atoms with Crippen LogP contribution in [-0.2, 0) is 4.74 Å². The van der Waals surface area contributed by atoms with E-state index in [4.69, 9.17) is 10.5 Å². The number of nitrogens with two attached hydrogens (primary N) is 1. The standard InChI is InChI=1S/C13H23N5O/c1-10(8-19-2)17-12-11(14)13(16-9-15-12)18-6-4-3-5-7-18/h9-10H,3-8,14H2,1-2H3,(H,15,16,17). The van der Waals surface area contributed by atoms with Gasteiger partial charge in [-0.2, -0.15) is 0 Å². The molecule has 1 unspecified atom stereocenters. The lowest BCUT2D eigenvalue weighted by molar-refractivity contribution is 0.190. The van der Waals surface area contributed by atoms with Crippen LogP contribution in [0.5, 0.6) is 0 Å². The third-order valence-electron chi connectivity index (χ3n) is 3.32. The van der Waals surface area contributed by atoms with Gasteiger partial charge in [0.15, 0.2) is 11.6 Å². The van der Waals surface area contributed by atoms with Gasteiger partial charge in [0, 0.05) is 26.2 Å². The number of nitrogens with zero attached hydrogens (tertiary/aromatic N) is 3. The summed E-state index contributed by atoms with van der Waals surface area (Å²) in [4.78, 5) is 10.8. The first-order chi connectivity index (χ1) is 9.22. The van der Waals surface area contributed by atoms with Gasteiger partial charge in [0.05, 0.1) is 6.61 Å². The van der Waals surface area contributed by atoms with Gasteiger partial charge in [-0.05, 0) is 26.2 Å². The van der Waals surface area contributed by atoms with Gasteiger partial charge in [-0.1, -0.05) is 0 Å². The van der Waals surface area contributed by atoms with Crippen molar-refractivity contribution in [3.8, 4) is 0 Å². The minimum atomic E-state index is 0.163. The topological polar surface area (TPSA) is 76.3 Å². The SMILES string of the molecule is COCC(C)Nc1ncnc(N2CCCCC2)c1N. The summed E-state index contributed by atoms with van der Waals surface area (Å²) in [7, 11) is 1.68. The molecule has 1 aliphatic rings. The lowest BCUT2D eigenvalue weighted by Crippen LogP contribution is -2.31. The van der Waals surface area contributed by atoms with Crippen LogP contribution in [0.25, 0.3) is 0 Å². The van der Waals surface area contributed by atoms with Crippen LogP contribution in [0.15, 0.2) is 6.33 Å². The Kier molecular flexibility index (Phi) is 4.79. The summed E-state index contributed by atoms with van der Waals surface area (Å²) < 4.78 is 5.11. The van der Waals surface area contributed by atoms with Crippen molar-refractivity contribution in [2.24, 2.45) is 0 Å². The lowest BCUT2D eigenvalue weighted by Gasteiger charge is -2.29. The molecule has 1 fully saturated rings. The highest BCUT2D eigenvalue weighted by Crippen LogP contribution is 2.28. The molecule has 2 rings (SSSR count). The van der Waals surface area contributed by atoms with E-state index in [-0.39, 0.29) is 6.04 Å². The molecule has 1 aliphatic heterocycles. The molecule has 0 saturated carbocycles. The fourth-order valence-corrected chi connectivity index (χ4v) is 2.38. The van der Waals surface area contributed by atoms with E-state index >= 15 is 0 Å². The second kappa shape index (κ2) is 6.56. The van der Waals surface area contributed by atoms with Crippen molar-refractivity contribution in [2.45, 2.75) is 32.2 Å². The van der Waals surface area contributed by atoms with Gasteiger partial charge >= 0.3 is 0 Å². The highest BCUT2D eigenvalue weighted by atomic mass is 16.5. The van der Waals surface area contributed by atoms with Gasteiger partial charge in [-0.3, -0.25) is 0 Å². The molecule has 0 spiro atoms. The molecule has 106 valence electrons. The van der Waals surface area contributed by atoms with Crippen LogP contribution < -0.4 is 16.0 Å². The average Bonchev–Trinajstić information content (AvgIpc) is 2.42. The second-order valence-electron chi connectivity index (χ2n) is 5.01. The number of ether oxygens (including phenoxy) is 1. The zero-order valence-corrected chi connectivity index (χ0v) is 11.7. The first-order valence-electron chi connectivity index (χ1n) is 6.83. The Hall–Kier alpha value is -1.56. The molecule has 6 heteroatoms. The van der Waals surface area contributed by atoms with E-state index in [2.05, 4.69) is 20.2 Å². The summed E-state index contributed by atoms with van der Waals surface area (Å²) in [5, 5.41) is 3.26. The van der Waals surface area contributed by atoms with Crippen LogP contribution in [0, 0.1) is 0 Å². The molecule has 2 heterocycles. The third kappa shape index (κ3) is 3.47. The predicted octanol–water partition coefficient (Wildman–Crippen LogP) is 1.50. The maximum Gasteiger partial charge on any atom is 0.157 e. The number of nitrogens with one attached hydrogen (secondary N) is 1. The van der Waals surface area contributed by atoms with Crippen molar-refractivity contribution >= 4 is 17.3 Å². The predicted molar refractivity (Wildman–Crippen MR) is 77.5 cm³/mol. The molecule has 1 aromatic rings. The highest BCUT2D eigenvalue weighted by molar-refractivity contribution is 5.75. The van der Waals surface area contributed by atoms with Crippen molar-refractivity contribution < 1.29 is 4.74 Å². The van der Waals surface area contributed by atoms with Crippen LogP contribution >= 0.6 is 0 Å². The summed E-state index contributed by atoms with van der Waals surface area (Å²) >= 11 is 0. The molecular formula is C13H23N5O. The Morgan fingerprint density at radius 2 is 2.11 bits per heavy atom. The molecular weight excluding hydrogens is 242 g/mol. The summed E-state index contributed by atoms with van der Waals surface area (Å²) in [6.45, 7) is 4.69. The molecule has 6 nitrogen and oxygen atoms in total. The minimum absolute atomic E-state index is 0.163. The van der Waals surface area contributed by atoms with E-state index in [1.54, 1.807) is 13.4 Å². The van der Waals surface area contributed by atoms with Crippen molar-refractivity contribution in [1.29, 1.82) is 0 Å². The van der Waals surface area contributed by atoms with Crippen LogP contribution in [0.1, 0.15) is 26.2 Å². The zero-order valence-electron chi connectivity index (χ0n) is 11.7. The van der Waals surface area contributed by atoms with E-state index < -0.39 is 0 Å². The van der Waals surface area contributed by atoms with E-state index in [1.165, 1.54) is 19.3 Å². The summed E-state index contributed by atoms with van der Waals surface area (Å²) in [5.41, 5.74) is 6.82. The maximum atomic E-state index is 6.19. The number of hydrogen-bond acceptors (Lipinski definition) is 6. The monoisotopic (exact) mass is 265 g/mol. The van der Waals surface area contributed by atoms with Crippen LogP contribution in [0.4, 0.5) is 17.3 Å². The summed E-state index contributed by atoms with van der Waals surface area (Å²) in [6.07, 6.45) is 5.26. The fraction of sp³-hybridized carbons (Fsp3) is 0.692. The minimum Gasteiger partial charge on any atom is -0.393 e. The molecule has 1 saturated heterocycles. The van der Waals surface area contributed by atoms with Crippen molar-refractivity contribution in [3.05, 3.63) is 6.33 Å². The molecule has 0 amide bonds. The first kappa shape index (κ1) is 13.9. The van der Waals surface area contributed by atoms with Gasteiger partial charge in [0.2, 0.25) is 0 Å². The Morgan fingerprint density at radius 3 is 2.79 bits per heavy atom. The normalized spacial score (nSPS) is 17.3. The third-order valence-corrected chi connectivity index (χ3v) is 3.32. The number of anilines is 3. The first-order valence-corrected chi connectivity index (χ1v) is 6.83. The second-order valence-corrected chi connectivity index (χ2v) is 5.01. The molecule has 1 aromatic heterocycles. The number of hydrogen-bond donors (Lipinski definition) is 2. The fourth-order valence-electron chi connectivity index (χ4n) is 2.38.